The Morgan fingerprint density at radius 3 is 2.57 bits per heavy atom. The number of hydrogen-bond donors (Lipinski definition) is 1. The van der Waals surface area contributed by atoms with Crippen LogP contribution in [0.25, 0.3) is 6.08 Å². The van der Waals surface area contributed by atoms with Crippen LogP contribution in [0.15, 0.2) is 60.2 Å². The summed E-state index contributed by atoms with van der Waals surface area (Å²) < 4.78 is 0. The van der Waals surface area contributed by atoms with Crippen molar-refractivity contribution in [1.82, 2.24) is 10.2 Å². The summed E-state index contributed by atoms with van der Waals surface area (Å²) in [6, 6.07) is 16.3. The zero-order valence-corrected chi connectivity index (χ0v) is 16.8. The van der Waals surface area contributed by atoms with Crippen molar-refractivity contribution >= 4 is 29.5 Å². The Labute approximate surface area is 171 Å². The quantitative estimate of drug-likeness (QED) is 0.805. The van der Waals surface area contributed by atoms with E-state index in [1.165, 1.54) is 0 Å². The fourth-order valence-corrected chi connectivity index (χ4v) is 3.58. The molecular formula is C23H25ClN2O2. The number of carbonyl (C=O) groups excluding carboxylic acids is 2. The molecule has 1 unspecified atom stereocenters. The summed E-state index contributed by atoms with van der Waals surface area (Å²) in [6.07, 6.45) is 4.57. The molecule has 0 aromatic heterocycles. The summed E-state index contributed by atoms with van der Waals surface area (Å²) in [4.78, 5) is 27.6. The molecule has 1 N–H and O–H groups in total. The third kappa shape index (κ3) is 5.23. The number of rotatable bonds is 5. The highest BCUT2D eigenvalue weighted by atomic mass is 35.5. The van der Waals surface area contributed by atoms with Gasteiger partial charge < -0.3 is 10.2 Å². The number of halogens is 1. The van der Waals surface area contributed by atoms with Crippen LogP contribution in [-0.2, 0) is 4.79 Å². The normalized spacial score (nSPS) is 17.6. The van der Waals surface area contributed by atoms with Gasteiger partial charge in [0.2, 0.25) is 5.91 Å². The van der Waals surface area contributed by atoms with Crippen LogP contribution in [0, 0.1) is 0 Å². The van der Waals surface area contributed by atoms with Crippen molar-refractivity contribution in [1.29, 1.82) is 0 Å². The Bertz CT molecular complexity index is 847. The van der Waals surface area contributed by atoms with E-state index >= 15 is 0 Å². The minimum Gasteiger partial charge on any atom is -0.354 e. The first-order chi connectivity index (χ1) is 13.5. The number of nitrogens with zero attached hydrogens (tertiary/aromatic N) is 1. The molecule has 1 atom stereocenters. The van der Waals surface area contributed by atoms with Crippen LogP contribution >= 0.6 is 11.6 Å². The van der Waals surface area contributed by atoms with Crippen molar-refractivity contribution in [3.63, 3.8) is 0 Å². The minimum atomic E-state index is -0.468. The smallest absolute Gasteiger partial charge is 0.254 e. The van der Waals surface area contributed by atoms with Gasteiger partial charge in [-0.1, -0.05) is 53.6 Å². The molecule has 1 aliphatic rings. The van der Waals surface area contributed by atoms with E-state index in [-0.39, 0.29) is 11.8 Å². The Morgan fingerprint density at radius 2 is 1.86 bits per heavy atom. The molecule has 146 valence electrons. The summed E-state index contributed by atoms with van der Waals surface area (Å²) in [5, 5.41) is 3.52. The average molecular weight is 397 g/mol. The number of benzene rings is 2. The maximum Gasteiger partial charge on any atom is 0.254 e. The van der Waals surface area contributed by atoms with E-state index in [1.807, 2.05) is 37.3 Å². The standard InChI is InChI=1S/C23H25ClN2O2/c1-17(15-18-7-3-2-4-8-18)16-26(21-9-5-6-14-25-22(21)27)23(28)19-10-12-20(24)13-11-19/h2-4,7-8,10-13,15,21H,5-6,9,14,16H2,1H3,(H,25,27)/b17-15+. The molecule has 1 heterocycles. The maximum absolute atomic E-state index is 13.3. The lowest BCUT2D eigenvalue weighted by molar-refractivity contribution is -0.125. The molecule has 1 fully saturated rings. The zero-order chi connectivity index (χ0) is 19.9. The van der Waals surface area contributed by atoms with Crippen LogP contribution in [-0.4, -0.2) is 35.8 Å². The lowest BCUT2D eigenvalue weighted by atomic mass is 10.0. The zero-order valence-electron chi connectivity index (χ0n) is 16.0. The van der Waals surface area contributed by atoms with Gasteiger partial charge in [-0.15, -0.1) is 0 Å². The predicted octanol–water partition coefficient (Wildman–Crippen LogP) is 4.55. The summed E-state index contributed by atoms with van der Waals surface area (Å²) in [7, 11) is 0. The first kappa shape index (κ1) is 20.2. The second-order valence-corrected chi connectivity index (χ2v) is 7.58. The molecular weight excluding hydrogens is 372 g/mol. The molecule has 0 radical (unpaired) electrons. The van der Waals surface area contributed by atoms with Gasteiger partial charge in [0, 0.05) is 23.7 Å². The second kappa shape index (κ2) is 9.56. The molecule has 2 aromatic carbocycles. The molecule has 4 nitrogen and oxygen atoms in total. The van der Waals surface area contributed by atoms with Crippen molar-refractivity contribution in [2.75, 3.05) is 13.1 Å². The fraction of sp³-hybridized carbons (Fsp3) is 0.304. The SMILES string of the molecule is C/C(=C\c1ccccc1)CN(C(=O)c1ccc(Cl)cc1)C1CCCCNC1=O. The Hall–Kier alpha value is -2.59. The molecule has 1 aliphatic heterocycles. The number of hydrogen-bond acceptors (Lipinski definition) is 2. The van der Waals surface area contributed by atoms with Gasteiger partial charge in [0.25, 0.3) is 5.91 Å². The van der Waals surface area contributed by atoms with E-state index in [1.54, 1.807) is 29.2 Å². The van der Waals surface area contributed by atoms with Crippen LogP contribution < -0.4 is 5.32 Å². The minimum absolute atomic E-state index is 0.0766. The molecule has 0 aliphatic carbocycles. The highest BCUT2D eigenvalue weighted by Gasteiger charge is 2.31. The van der Waals surface area contributed by atoms with Crippen molar-refractivity contribution in [2.45, 2.75) is 32.2 Å². The lowest BCUT2D eigenvalue weighted by Crippen LogP contribution is -2.49. The largest absolute Gasteiger partial charge is 0.354 e. The summed E-state index contributed by atoms with van der Waals surface area (Å²) >= 11 is 5.97. The summed E-state index contributed by atoms with van der Waals surface area (Å²) in [5.41, 5.74) is 2.63. The Balaban J connectivity index is 1.89. The van der Waals surface area contributed by atoms with E-state index in [0.29, 0.717) is 30.1 Å². The van der Waals surface area contributed by atoms with Crippen LogP contribution in [0.4, 0.5) is 0 Å². The van der Waals surface area contributed by atoms with E-state index in [9.17, 15) is 9.59 Å². The first-order valence-corrected chi connectivity index (χ1v) is 9.99. The highest BCUT2D eigenvalue weighted by molar-refractivity contribution is 6.30. The molecule has 5 heteroatoms. The van der Waals surface area contributed by atoms with Gasteiger partial charge >= 0.3 is 0 Å². The van der Waals surface area contributed by atoms with E-state index < -0.39 is 6.04 Å². The number of nitrogens with one attached hydrogen (secondary N) is 1. The van der Waals surface area contributed by atoms with Gasteiger partial charge in [-0.05, 0) is 56.0 Å². The van der Waals surface area contributed by atoms with E-state index in [0.717, 1.165) is 24.0 Å². The van der Waals surface area contributed by atoms with Crippen molar-refractivity contribution in [3.05, 3.63) is 76.3 Å². The van der Waals surface area contributed by atoms with Crippen molar-refractivity contribution in [2.24, 2.45) is 0 Å². The van der Waals surface area contributed by atoms with Crippen LogP contribution in [0.1, 0.15) is 42.1 Å². The number of amides is 2. The molecule has 1 saturated heterocycles. The van der Waals surface area contributed by atoms with Gasteiger partial charge in [0.15, 0.2) is 0 Å². The summed E-state index contributed by atoms with van der Waals surface area (Å²) in [6.45, 7) is 3.05. The van der Waals surface area contributed by atoms with E-state index in [2.05, 4.69) is 11.4 Å². The molecule has 2 amide bonds. The van der Waals surface area contributed by atoms with Gasteiger partial charge in [-0.2, -0.15) is 0 Å². The molecule has 28 heavy (non-hydrogen) atoms. The second-order valence-electron chi connectivity index (χ2n) is 7.14. The lowest BCUT2D eigenvalue weighted by Gasteiger charge is -2.30. The van der Waals surface area contributed by atoms with Gasteiger partial charge in [0.1, 0.15) is 6.04 Å². The first-order valence-electron chi connectivity index (χ1n) is 9.61. The Morgan fingerprint density at radius 1 is 1.14 bits per heavy atom. The topological polar surface area (TPSA) is 49.4 Å². The van der Waals surface area contributed by atoms with Crippen LogP contribution in [0.5, 0.6) is 0 Å². The molecule has 0 saturated carbocycles. The van der Waals surface area contributed by atoms with Gasteiger partial charge in [-0.3, -0.25) is 9.59 Å². The predicted molar refractivity (Wildman–Crippen MR) is 113 cm³/mol. The monoisotopic (exact) mass is 396 g/mol. The van der Waals surface area contributed by atoms with Crippen molar-refractivity contribution in [3.8, 4) is 0 Å². The maximum atomic E-state index is 13.3. The number of carbonyl (C=O) groups is 2. The van der Waals surface area contributed by atoms with Gasteiger partial charge in [0.05, 0.1) is 0 Å². The highest BCUT2D eigenvalue weighted by Crippen LogP contribution is 2.20. The Kier molecular flexibility index (Phi) is 6.88. The third-order valence-corrected chi connectivity index (χ3v) is 5.12. The average Bonchev–Trinajstić information content (AvgIpc) is 2.91. The fourth-order valence-electron chi connectivity index (χ4n) is 3.45. The van der Waals surface area contributed by atoms with Gasteiger partial charge in [-0.25, -0.2) is 0 Å². The van der Waals surface area contributed by atoms with E-state index in [4.69, 9.17) is 11.6 Å². The molecule has 0 spiro atoms. The molecule has 2 aromatic rings. The molecule has 3 rings (SSSR count). The van der Waals surface area contributed by atoms with Crippen LogP contribution in [0.3, 0.4) is 0 Å². The summed E-state index contributed by atoms with van der Waals surface area (Å²) in [5.74, 6) is -0.230. The molecule has 0 bridgehead atoms. The third-order valence-electron chi connectivity index (χ3n) is 4.87. The van der Waals surface area contributed by atoms with Crippen molar-refractivity contribution < 1.29 is 9.59 Å². The van der Waals surface area contributed by atoms with Crippen LogP contribution in [0.2, 0.25) is 5.02 Å².